The number of urea groups is 1. The topological polar surface area (TPSA) is 67.5 Å². The third-order valence-electron chi connectivity index (χ3n) is 2.93. The molecule has 1 atom stereocenters. The number of carbonyl (C=O) groups excluding carboxylic acids is 1. The predicted molar refractivity (Wildman–Crippen MR) is 63.2 cm³/mol. The lowest BCUT2D eigenvalue weighted by Crippen LogP contribution is -2.27. The van der Waals surface area contributed by atoms with Gasteiger partial charge in [0.2, 0.25) is 0 Å². The van der Waals surface area contributed by atoms with Gasteiger partial charge < -0.3 is 5.73 Å². The first kappa shape index (κ1) is 10.7. The van der Waals surface area contributed by atoms with Crippen LogP contribution in [0, 0.1) is 5.92 Å². The first-order valence-electron chi connectivity index (χ1n) is 5.43. The largest absolute Gasteiger partial charge is 0.350 e. The zero-order valence-electron chi connectivity index (χ0n) is 9.23. The van der Waals surface area contributed by atoms with Crippen LogP contribution < -0.4 is 11.2 Å². The van der Waals surface area contributed by atoms with Crippen molar-refractivity contribution in [1.29, 1.82) is 0 Å². The molecule has 1 aliphatic carbocycles. The number of amides is 2. The van der Waals surface area contributed by atoms with Crippen LogP contribution in [-0.4, -0.2) is 11.7 Å². The molecular formula is C12H15N3O. The Kier molecular flexibility index (Phi) is 2.90. The maximum Gasteiger partial charge on any atom is 0.332 e. The van der Waals surface area contributed by atoms with E-state index in [9.17, 15) is 4.79 Å². The smallest absolute Gasteiger partial charge is 0.332 e. The van der Waals surface area contributed by atoms with Gasteiger partial charge in [0, 0.05) is 11.5 Å². The number of primary amides is 1. The minimum absolute atomic E-state index is 0.379. The van der Waals surface area contributed by atoms with Gasteiger partial charge >= 0.3 is 6.03 Å². The standard InChI is InChI=1S/C12H15N3O/c1-2-8-7-9-5-3-4-6-10(9)11(8)14-15-12(13)16/h3-6,8H,2,7H2,1H3,(H3,13,15,16)/b14-11-. The minimum Gasteiger partial charge on any atom is -0.350 e. The highest BCUT2D eigenvalue weighted by Gasteiger charge is 2.26. The fraction of sp³-hybridized carbons (Fsp3) is 0.333. The maximum atomic E-state index is 10.7. The van der Waals surface area contributed by atoms with Crippen LogP contribution in [0.1, 0.15) is 24.5 Å². The molecule has 0 saturated carbocycles. The Morgan fingerprint density at radius 2 is 2.31 bits per heavy atom. The van der Waals surface area contributed by atoms with E-state index in [4.69, 9.17) is 5.73 Å². The first-order chi connectivity index (χ1) is 7.72. The fourth-order valence-corrected chi connectivity index (χ4v) is 2.13. The van der Waals surface area contributed by atoms with Gasteiger partial charge in [0.05, 0.1) is 5.71 Å². The van der Waals surface area contributed by atoms with Crippen molar-refractivity contribution in [3.8, 4) is 0 Å². The van der Waals surface area contributed by atoms with E-state index < -0.39 is 6.03 Å². The van der Waals surface area contributed by atoms with Crippen molar-refractivity contribution in [3.05, 3.63) is 35.4 Å². The number of fused-ring (bicyclic) bond motifs is 1. The van der Waals surface area contributed by atoms with Crippen molar-refractivity contribution in [3.63, 3.8) is 0 Å². The summed E-state index contributed by atoms with van der Waals surface area (Å²) in [5, 5.41) is 4.11. The zero-order valence-corrected chi connectivity index (χ0v) is 9.23. The van der Waals surface area contributed by atoms with Gasteiger partial charge in [-0.25, -0.2) is 10.2 Å². The lowest BCUT2D eigenvalue weighted by Gasteiger charge is -2.07. The molecular weight excluding hydrogens is 202 g/mol. The highest BCUT2D eigenvalue weighted by Crippen LogP contribution is 2.28. The summed E-state index contributed by atoms with van der Waals surface area (Å²) in [5.74, 6) is 0.379. The van der Waals surface area contributed by atoms with Crippen molar-refractivity contribution in [2.45, 2.75) is 19.8 Å². The minimum atomic E-state index is -0.619. The van der Waals surface area contributed by atoms with Crippen LogP contribution in [0.4, 0.5) is 4.79 Å². The molecule has 16 heavy (non-hydrogen) atoms. The summed E-state index contributed by atoms with van der Waals surface area (Å²) < 4.78 is 0. The lowest BCUT2D eigenvalue weighted by molar-refractivity contribution is 0.249. The van der Waals surface area contributed by atoms with E-state index in [0.717, 1.165) is 24.1 Å². The summed E-state index contributed by atoms with van der Waals surface area (Å²) >= 11 is 0. The van der Waals surface area contributed by atoms with Gasteiger partial charge in [0.1, 0.15) is 0 Å². The molecule has 4 heteroatoms. The quantitative estimate of drug-likeness (QED) is 0.726. The number of hydrogen-bond donors (Lipinski definition) is 2. The van der Waals surface area contributed by atoms with E-state index in [2.05, 4.69) is 23.5 Å². The van der Waals surface area contributed by atoms with E-state index in [1.54, 1.807) is 0 Å². The molecule has 3 N–H and O–H groups in total. The van der Waals surface area contributed by atoms with Gasteiger partial charge in [-0.05, 0) is 18.4 Å². The first-order valence-corrected chi connectivity index (χ1v) is 5.43. The highest BCUT2D eigenvalue weighted by molar-refractivity contribution is 6.06. The molecule has 1 aliphatic rings. The van der Waals surface area contributed by atoms with Crippen LogP contribution >= 0.6 is 0 Å². The average molecular weight is 217 g/mol. The van der Waals surface area contributed by atoms with E-state index in [1.807, 2.05) is 18.2 Å². The zero-order chi connectivity index (χ0) is 11.5. The van der Waals surface area contributed by atoms with Crippen LogP contribution in [0.2, 0.25) is 0 Å². The summed E-state index contributed by atoms with van der Waals surface area (Å²) in [6.45, 7) is 2.12. The number of rotatable bonds is 2. The number of nitrogens with zero attached hydrogens (tertiary/aromatic N) is 1. The Morgan fingerprint density at radius 3 is 3.00 bits per heavy atom. The van der Waals surface area contributed by atoms with Gasteiger partial charge in [0.25, 0.3) is 0 Å². The van der Waals surface area contributed by atoms with Crippen molar-refractivity contribution in [1.82, 2.24) is 5.43 Å². The molecule has 0 saturated heterocycles. The summed E-state index contributed by atoms with van der Waals surface area (Å²) in [4.78, 5) is 10.7. The number of nitrogens with one attached hydrogen (secondary N) is 1. The van der Waals surface area contributed by atoms with Gasteiger partial charge in [-0.3, -0.25) is 0 Å². The monoisotopic (exact) mass is 217 g/mol. The predicted octanol–water partition coefficient (Wildman–Crippen LogP) is 1.64. The second-order valence-electron chi connectivity index (χ2n) is 3.94. The highest BCUT2D eigenvalue weighted by atomic mass is 16.2. The molecule has 2 amide bonds. The Balaban J connectivity index is 2.34. The number of nitrogens with two attached hydrogens (primary N) is 1. The maximum absolute atomic E-state index is 10.7. The van der Waals surface area contributed by atoms with Crippen LogP contribution in [0.15, 0.2) is 29.4 Å². The summed E-state index contributed by atoms with van der Waals surface area (Å²) in [6, 6.07) is 7.52. The molecule has 84 valence electrons. The van der Waals surface area contributed by atoms with Crippen LogP contribution in [0.25, 0.3) is 0 Å². The molecule has 4 nitrogen and oxygen atoms in total. The second kappa shape index (κ2) is 4.35. The molecule has 0 fully saturated rings. The second-order valence-corrected chi connectivity index (χ2v) is 3.94. The normalized spacial score (nSPS) is 20.8. The Bertz CT molecular complexity index is 440. The van der Waals surface area contributed by atoms with Crippen molar-refractivity contribution >= 4 is 11.7 Å². The van der Waals surface area contributed by atoms with Crippen LogP contribution in [0.5, 0.6) is 0 Å². The summed E-state index contributed by atoms with van der Waals surface area (Å²) in [7, 11) is 0. The van der Waals surface area contributed by atoms with Gasteiger partial charge in [-0.2, -0.15) is 5.10 Å². The number of carbonyl (C=O) groups is 1. The van der Waals surface area contributed by atoms with Gasteiger partial charge in [0.15, 0.2) is 0 Å². The van der Waals surface area contributed by atoms with Gasteiger partial charge in [-0.15, -0.1) is 0 Å². The fourth-order valence-electron chi connectivity index (χ4n) is 2.13. The van der Waals surface area contributed by atoms with Crippen LogP contribution in [0.3, 0.4) is 0 Å². The van der Waals surface area contributed by atoms with E-state index in [1.165, 1.54) is 5.56 Å². The van der Waals surface area contributed by atoms with E-state index >= 15 is 0 Å². The van der Waals surface area contributed by atoms with E-state index in [0.29, 0.717) is 5.92 Å². The molecule has 0 bridgehead atoms. The molecule has 0 aliphatic heterocycles. The molecule has 0 heterocycles. The lowest BCUT2D eigenvalue weighted by atomic mass is 10.0. The number of benzene rings is 1. The average Bonchev–Trinajstić information content (AvgIpc) is 2.64. The van der Waals surface area contributed by atoms with Crippen molar-refractivity contribution < 1.29 is 4.79 Å². The Labute approximate surface area is 94.5 Å². The van der Waals surface area contributed by atoms with Crippen molar-refractivity contribution in [2.24, 2.45) is 16.8 Å². The SMILES string of the molecule is CCC1Cc2ccccc2/C1=N\NC(N)=O. The molecule has 2 rings (SSSR count). The molecule has 1 aromatic rings. The summed E-state index contributed by atoms with van der Waals surface area (Å²) in [6.07, 6.45) is 2.00. The van der Waals surface area contributed by atoms with E-state index in [-0.39, 0.29) is 0 Å². The number of hydrogen-bond acceptors (Lipinski definition) is 2. The van der Waals surface area contributed by atoms with Crippen molar-refractivity contribution in [2.75, 3.05) is 0 Å². The molecule has 0 radical (unpaired) electrons. The molecule has 1 aromatic carbocycles. The third-order valence-corrected chi connectivity index (χ3v) is 2.93. The summed E-state index contributed by atoms with van der Waals surface area (Å²) in [5.41, 5.74) is 10.7. The van der Waals surface area contributed by atoms with Crippen LogP contribution in [-0.2, 0) is 6.42 Å². The molecule has 0 spiro atoms. The Hall–Kier alpha value is -1.84. The Morgan fingerprint density at radius 1 is 1.56 bits per heavy atom. The van der Waals surface area contributed by atoms with Gasteiger partial charge in [-0.1, -0.05) is 31.2 Å². The third kappa shape index (κ3) is 1.91. The molecule has 1 unspecified atom stereocenters. The number of hydrazone groups is 1. The molecule has 0 aromatic heterocycles.